The first-order valence-electron chi connectivity index (χ1n) is 9.03. The first-order chi connectivity index (χ1) is 11.7. The van der Waals surface area contributed by atoms with E-state index in [-0.39, 0.29) is 12.6 Å². The molecule has 2 amide bonds. The van der Waals surface area contributed by atoms with Crippen molar-refractivity contribution in [3.63, 3.8) is 0 Å². The number of carbonyl (C=O) groups excluding carboxylic acids is 1. The van der Waals surface area contributed by atoms with E-state index in [0.29, 0.717) is 12.5 Å². The second-order valence-corrected chi connectivity index (χ2v) is 7.12. The second kappa shape index (κ2) is 7.83. The van der Waals surface area contributed by atoms with Gasteiger partial charge in [0, 0.05) is 37.7 Å². The van der Waals surface area contributed by atoms with Gasteiger partial charge in [0.1, 0.15) is 0 Å². The van der Waals surface area contributed by atoms with Gasteiger partial charge in [-0.05, 0) is 43.7 Å². The number of carbonyl (C=O) groups is 1. The van der Waals surface area contributed by atoms with Gasteiger partial charge in [-0.3, -0.25) is 4.98 Å². The van der Waals surface area contributed by atoms with Gasteiger partial charge >= 0.3 is 6.03 Å². The minimum Gasteiger partial charge on any atom is -0.394 e. The molecule has 1 aromatic rings. The predicted octanol–water partition coefficient (Wildman–Crippen LogP) is 1.90. The highest BCUT2D eigenvalue weighted by Crippen LogP contribution is 2.29. The van der Waals surface area contributed by atoms with Crippen molar-refractivity contribution in [1.29, 1.82) is 0 Å². The summed E-state index contributed by atoms with van der Waals surface area (Å²) in [6.45, 7) is 2.76. The Morgan fingerprint density at radius 3 is 2.54 bits per heavy atom. The Labute approximate surface area is 143 Å². The third-order valence-electron chi connectivity index (χ3n) is 5.44. The van der Waals surface area contributed by atoms with Gasteiger partial charge in [0.05, 0.1) is 12.1 Å². The number of amides is 2. The molecule has 1 aliphatic carbocycles. The van der Waals surface area contributed by atoms with Crippen molar-refractivity contribution in [3.05, 3.63) is 24.5 Å². The summed E-state index contributed by atoms with van der Waals surface area (Å²) in [6, 6.07) is 3.95. The molecule has 6 nitrogen and oxygen atoms in total. The maximum absolute atomic E-state index is 12.1. The van der Waals surface area contributed by atoms with Gasteiger partial charge in [0.2, 0.25) is 0 Å². The zero-order valence-corrected chi connectivity index (χ0v) is 14.2. The fourth-order valence-corrected chi connectivity index (χ4v) is 3.85. The van der Waals surface area contributed by atoms with E-state index in [1.54, 1.807) is 0 Å². The zero-order chi connectivity index (χ0) is 16.8. The monoisotopic (exact) mass is 332 g/mol. The van der Waals surface area contributed by atoms with Crippen LogP contribution in [0.25, 0.3) is 0 Å². The van der Waals surface area contributed by atoms with E-state index in [4.69, 9.17) is 0 Å². The number of pyridine rings is 1. The van der Waals surface area contributed by atoms with Crippen LogP contribution in [0.2, 0.25) is 0 Å². The topological polar surface area (TPSA) is 77.5 Å². The lowest BCUT2D eigenvalue weighted by atomic mass is 9.96. The van der Waals surface area contributed by atoms with Crippen molar-refractivity contribution in [1.82, 2.24) is 15.6 Å². The first kappa shape index (κ1) is 17.0. The Bertz CT molecular complexity index is 523. The van der Waals surface area contributed by atoms with Gasteiger partial charge in [-0.15, -0.1) is 0 Å². The average Bonchev–Trinajstić information content (AvgIpc) is 3.10. The second-order valence-electron chi connectivity index (χ2n) is 7.12. The number of aliphatic hydroxyl groups is 1. The molecular weight excluding hydrogens is 304 g/mol. The summed E-state index contributed by atoms with van der Waals surface area (Å²) in [6.07, 6.45) is 9.72. The van der Waals surface area contributed by atoms with Crippen LogP contribution < -0.4 is 15.5 Å². The number of anilines is 1. The fourth-order valence-electron chi connectivity index (χ4n) is 3.85. The summed E-state index contributed by atoms with van der Waals surface area (Å²) in [5, 5.41) is 15.6. The molecule has 1 saturated carbocycles. The number of hydrogen-bond acceptors (Lipinski definition) is 4. The van der Waals surface area contributed by atoms with Gasteiger partial charge in [0.25, 0.3) is 0 Å². The minimum absolute atomic E-state index is 0.0325. The molecule has 0 spiro atoms. The van der Waals surface area contributed by atoms with Crippen LogP contribution in [-0.2, 0) is 0 Å². The van der Waals surface area contributed by atoms with E-state index < -0.39 is 5.54 Å². The molecule has 1 saturated heterocycles. The van der Waals surface area contributed by atoms with E-state index in [1.807, 2.05) is 24.5 Å². The van der Waals surface area contributed by atoms with Crippen LogP contribution in [0, 0.1) is 5.92 Å². The van der Waals surface area contributed by atoms with Crippen molar-refractivity contribution in [2.24, 2.45) is 5.92 Å². The molecule has 1 aliphatic heterocycles. The molecular formula is C18H28N4O2. The molecule has 3 rings (SSSR count). The summed E-state index contributed by atoms with van der Waals surface area (Å²) in [4.78, 5) is 18.6. The Balaban J connectivity index is 1.39. The largest absolute Gasteiger partial charge is 0.394 e. The highest BCUT2D eigenvalue weighted by molar-refractivity contribution is 5.74. The molecule has 2 aliphatic rings. The summed E-state index contributed by atoms with van der Waals surface area (Å²) >= 11 is 0. The van der Waals surface area contributed by atoms with Crippen molar-refractivity contribution >= 4 is 11.7 Å². The Hall–Kier alpha value is -1.82. The smallest absolute Gasteiger partial charge is 0.315 e. The van der Waals surface area contributed by atoms with E-state index in [0.717, 1.165) is 51.6 Å². The molecule has 24 heavy (non-hydrogen) atoms. The molecule has 6 heteroatoms. The van der Waals surface area contributed by atoms with Crippen LogP contribution in [0.1, 0.15) is 38.5 Å². The summed E-state index contributed by atoms with van der Waals surface area (Å²) in [5.41, 5.74) is 0.828. The molecule has 0 atom stereocenters. The van der Waals surface area contributed by atoms with Crippen molar-refractivity contribution in [2.45, 2.75) is 44.1 Å². The van der Waals surface area contributed by atoms with Crippen LogP contribution >= 0.6 is 0 Å². The number of nitrogens with one attached hydrogen (secondary N) is 2. The number of piperidine rings is 1. The summed E-state index contributed by atoms with van der Waals surface area (Å²) < 4.78 is 0. The van der Waals surface area contributed by atoms with Crippen LogP contribution in [0.3, 0.4) is 0 Å². The quantitative estimate of drug-likeness (QED) is 0.770. The molecule has 132 valence electrons. The van der Waals surface area contributed by atoms with Crippen molar-refractivity contribution in [2.75, 3.05) is 31.1 Å². The predicted molar refractivity (Wildman–Crippen MR) is 94.0 cm³/mol. The van der Waals surface area contributed by atoms with Gasteiger partial charge in [-0.25, -0.2) is 4.79 Å². The Morgan fingerprint density at radius 1 is 1.25 bits per heavy atom. The summed E-state index contributed by atoms with van der Waals surface area (Å²) in [7, 11) is 0. The number of nitrogens with zero attached hydrogens (tertiary/aromatic N) is 2. The first-order valence-corrected chi connectivity index (χ1v) is 9.03. The Kier molecular flexibility index (Phi) is 5.56. The molecule has 2 heterocycles. The molecule has 0 radical (unpaired) electrons. The minimum atomic E-state index is -0.394. The van der Waals surface area contributed by atoms with Crippen LogP contribution in [0.15, 0.2) is 24.5 Å². The number of rotatable bonds is 5. The number of aromatic nitrogens is 1. The van der Waals surface area contributed by atoms with Gasteiger partial charge in [0.15, 0.2) is 0 Å². The fraction of sp³-hybridized carbons (Fsp3) is 0.667. The highest BCUT2D eigenvalue weighted by Gasteiger charge is 2.34. The van der Waals surface area contributed by atoms with Crippen molar-refractivity contribution in [3.8, 4) is 0 Å². The maximum Gasteiger partial charge on any atom is 0.315 e. The lowest BCUT2D eigenvalue weighted by Crippen LogP contribution is -2.53. The van der Waals surface area contributed by atoms with E-state index in [9.17, 15) is 9.90 Å². The molecule has 0 aromatic carbocycles. The number of hydrogen-bond donors (Lipinski definition) is 3. The number of urea groups is 1. The third-order valence-corrected chi connectivity index (χ3v) is 5.44. The van der Waals surface area contributed by atoms with Crippen LogP contribution in [-0.4, -0.2) is 47.9 Å². The van der Waals surface area contributed by atoms with E-state index in [1.165, 1.54) is 5.69 Å². The lowest BCUT2D eigenvalue weighted by Gasteiger charge is -2.34. The molecule has 3 N–H and O–H groups in total. The summed E-state index contributed by atoms with van der Waals surface area (Å²) in [5.74, 6) is 0.516. The Morgan fingerprint density at radius 2 is 1.92 bits per heavy atom. The normalized spacial score (nSPS) is 20.8. The third kappa shape index (κ3) is 4.17. The van der Waals surface area contributed by atoms with Crippen molar-refractivity contribution < 1.29 is 9.90 Å². The number of aliphatic hydroxyl groups excluding tert-OH is 1. The van der Waals surface area contributed by atoms with Gasteiger partial charge in [-0.2, -0.15) is 0 Å². The SMILES string of the molecule is O=C(NCC1CCN(c2ccncc2)CC1)NC1(CO)CCCC1. The molecule has 0 bridgehead atoms. The van der Waals surface area contributed by atoms with E-state index in [2.05, 4.69) is 20.5 Å². The lowest BCUT2D eigenvalue weighted by molar-refractivity contribution is 0.162. The molecule has 2 fully saturated rings. The van der Waals surface area contributed by atoms with Gasteiger partial charge in [-0.1, -0.05) is 12.8 Å². The van der Waals surface area contributed by atoms with Crippen LogP contribution in [0.4, 0.5) is 10.5 Å². The molecule has 0 unspecified atom stereocenters. The van der Waals surface area contributed by atoms with Crippen LogP contribution in [0.5, 0.6) is 0 Å². The van der Waals surface area contributed by atoms with E-state index >= 15 is 0 Å². The molecule has 1 aromatic heterocycles. The van der Waals surface area contributed by atoms with Gasteiger partial charge < -0.3 is 20.6 Å². The average molecular weight is 332 g/mol. The standard InChI is InChI=1S/C18H28N4O2/c23-14-18(7-1-2-8-18)21-17(24)20-13-15-5-11-22(12-6-15)16-3-9-19-10-4-16/h3-4,9-10,15,23H,1-2,5-8,11-14H2,(H2,20,21,24). The maximum atomic E-state index is 12.1. The highest BCUT2D eigenvalue weighted by atomic mass is 16.3. The zero-order valence-electron chi connectivity index (χ0n) is 14.2.